The maximum atomic E-state index is 13.2. The molecule has 0 aliphatic carbocycles. The number of carbonyl (C=O) groups excluding carboxylic acids is 5. The SMILES string of the molecule is C=CCN1C(=O)/C(=C/c2ccc(Cl)cc2)N=C1S[C@@H]1O[C@H](COC(C)=O)[C@@H](OC(C)=O)[C@H](OC(C)=O)[C@H]1OC(C)=O. The fraction of sp³-hybridized carbons (Fsp3) is 0.407. The lowest BCUT2D eigenvalue weighted by atomic mass is 9.99. The number of rotatable bonds is 9. The van der Waals surface area contributed by atoms with Gasteiger partial charge in [0.2, 0.25) is 0 Å². The molecule has 3 rings (SSSR count). The number of benzene rings is 1. The van der Waals surface area contributed by atoms with E-state index < -0.39 is 59.6 Å². The second-order valence-electron chi connectivity index (χ2n) is 8.87. The predicted octanol–water partition coefficient (Wildman–Crippen LogP) is 2.88. The summed E-state index contributed by atoms with van der Waals surface area (Å²) in [4.78, 5) is 66.8. The van der Waals surface area contributed by atoms with E-state index in [0.717, 1.165) is 32.5 Å². The van der Waals surface area contributed by atoms with Crippen LogP contribution in [0.1, 0.15) is 33.3 Å². The molecule has 1 fully saturated rings. The van der Waals surface area contributed by atoms with Crippen molar-refractivity contribution in [2.24, 2.45) is 4.99 Å². The van der Waals surface area contributed by atoms with Gasteiger partial charge in [-0.25, -0.2) is 4.99 Å². The van der Waals surface area contributed by atoms with Gasteiger partial charge in [-0.15, -0.1) is 6.58 Å². The van der Waals surface area contributed by atoms with Gasteiger partial charge in [0.25, 0.3) is 5.91 Å². The Labute approximate surface area is 245 Å². The van der Waals surface area contributed by atoms with Crippen LogP contribution in [-0.4, -0.2) is 82.9 Å². The molecular formula is C27H29ClN2O10S. The lowest BCUT2D eigenvalue weighted by Gasteiger charge is -2.44. The Balaban J connectivity index is 2.04. The van der Waals surface area contributed by atoms with Crippen LogP contribution in [0.4, 0.5) is 0 Å². The minimum atomic E-state index is -1.35. The molecule has 1 amide bonds. The van der Waals surface area contributed by atoms with Crippen LogP contribution in [-0.2, 0) is 47.7 Å². The highest BCUT2D eigenvalue weighted by Gasteiger charge is 2.53. The number of hydrogen-bond acceptors (Lipinski definition) is 12. The summed E-state index contributed by atoms with van der Waals surface area (Å²) < 4.78 is 27.6. The first-order valence-corrected chi connectivity index (χ1v) is 13.6. The van der Waals surface area contributed by atoms with Crippen molar-refractivity contribution in [3.63, 3.8) is 0 Å². The Morgan fingerprint density at radius 1 is 0.976 bits per heavy atom. The number of carbonyl (C=O) groups is 5. The summed E-state index contributed by atoms with van der Waals surface area (Å²) in [7, 11) is 0. The van der Waals surface area contributed by atoms with Gasteiger partial charge in [-0.2, -0.15) is 0 Å². The van der Waals surface area contributed by atoms with Crippen LogP contribution >= 0.6 is 23.4 Å². The van der Waals surface area contributed by atoms with Crippen molar-refractivity contribution in [2.45, 2.75) is 57.5 Å². The van der Waals surface area contributed by atoms with Gasteiger partial charge in [-0.1, -0.05) is 41.6 Å². The molecule has 0 saturated carbocycles. The second kappa shape index (κ2) is 14.3. The molecular weight excluding hydrogens is 580 g/mol. The van der Waals surface area contributed by atoms with Gasteiger partial charge in [0.15, 0.2) is 28.9 Å². The van der Waals surface area contributed by atoms with E-state index in [2.05, 4.69) is 11.6 Å². The third kappa shape index (κ3) is 8.65. The minimum absolute atomic E-state index is 0.0912. The van der Waals surface area contributed by atoms with Crippen molar-refractivity contribution >= 4 is 64.4 Å². The molecule has 0 unspecified atom stereocenters. The van der Waals surface area contributed by atoms with Crippen LogP contribution in [0.3, 0.4) is 0 Å². The molecule has 14 heteroatoms. The number of nitrogens with zero attached hydrogens (tertiary/aromatic N) is 2. The first-order valence-electron chi connectivity index (χ1n) is 12.4. The van der Waals surface area contributed by atoms with Crippen LogP contribution < -0.4 is 0 Å². The van der Waals surface area contributed by atoms with Crippen LogP contribution in [0.5, 0.6) is 0 Å². The van der Waals surface area contributed by atoms with E-state index in [9.17, 15) is 24.0 Å². The van der Waals surface area contributed by atoms with Crippen LogP contribution in [0, 0.1) is 0 Å². The van der Waals surface area contributed by atoms with Gasteiger partial charge in [0.05, 0.1) is 0 Å². The number of ether oxygens (including phenoxy) is 5. The topological polar surface area (TPSA) is 147 Å². The van der Waals surface area contributed by atoms with E-state index in [0.29, 0.717) is 10.6 Å². The highest BCUT2D eigenvalue weighted by molar-refractivity contribution is 8.14. The Bertz CT molecular complexity index is 1270. The fourth-order valence-corrected chi connectivity index (χ4v) is 5.33. The third-order valence-corrected chi connectivity index (χ3v) is 6.95. The lowest BCUT2D eigenvalue weighted by molar-refractivity contribution is -0.237. The second-order valence-corrected chi connectivity index (χ2v) is 10.4. The molecule has 0 N–H and O–H groups in total. The quantitative estimate of drug-likeness (QED) is 0.176. The summed E-state index contributed by atoms with van der Waals surface area (Å²) in [5.74, 6) is -3.29. The molecule has 5 atom stereocenters. The number of amides is 1. The summed E-state index contributed by atoms with van der Waals surface area (Å²) in [5, 5.41) is 0.706. The zero-order valence-electron chi connectivity index (χ0n) is 22.7. The molecule has 0 radical (unpaired) electrons. The Morgan fingerprint density at radius 3 is 2.12 bits per heavy atom. The Hall–Kier alpha value is -3.68. The zero-order valence-corrected chi connectivity index (χ0v) is 24.3. The van der Waals surface area contributed by atoms with Gasteiger partial charge < -0.3 is 23.7 Å². The average molecular weight is 609 g/mol. The summed E-state index contributed by atoms with van der Waals surface area (Å²) >= 11 is 6.87. The van der Waals surface area contributed by atoms with Crippen molar-refractivity contribution < 1.29 is 47.7 Å². The standard InChI is InChI=1S/C27H29ClN2O10S/c1-6-11-30-25(35)20(12-18-7-9-19(28)10-8-18)29-27(30)41-26-24(39-17(5)34)23(38-16(4)33)22(37-15(3)32)21(40-26)13-36-14(2)31/h6-10,12,21-24,26H,1,11,13H2,2-5H3/b20-12-/t21-,22-,23+,24-,26+/m1/s1. The summed E-state index contributed by atoms with van der Waals surface area (Å²) in [6, 6.07) is 6.79. The molecule has 2 heterocycles. The number of halogens is 1. The average Bonchev–Trinajstić information content (AvgIpc) is 3.16. The number of thioether (sulfide) groups is 1. The van der Waals surface area contributed by atoms with E-state index in [1.807, 2.05) is 0 Å². The monoisotopic (exact) mass is 608 g/mol. The number of esters is 4. The molecule has 0 spiro atoms. The van der Waals surface area contributed by atoms with Gasteiger partial charge in [-0.05, 0) is 23.8 Å². The molecule has 0 bridgehead atoms. The molecule has 12 nitrogen and oxygen atoms in total. The minimum Gasteiger partial charge on any atom is -0.463 e. The van der Waals surface area contributed by atoms with Crippen molar-refractivity contribution in [1.29, 1.82) is 0 Å². The van der Waals surface area contributed by atoms with E-state index >= 15 is 0 Å². The van der Waals surface area contributed by atoms with E-state index in [1.165, 1.54) is 17.9 Å². The molecule has 1 aromatic rings. The summed E-state index contributed by atoms with van der Waals surface area (Å²) in [5.41, 5.74) is -0.356. The maximum Gasteiger partial charge on any atom is 0.303 e. The number of hydrogen-bond donors (Lipinski definition) is 0. The summed E-state index contributed by atoms with van der Waals surface area (Å²) in [6.45, 7) is 8.01. The first kappa shape index (κ1) is 31.8. The smallest absolute Gasteiger partial charge is 0.303 e. The number of aliphatic imine (C=N–C) groups is 1. The van der Waals surface area contributed by atoms with E-state index in [4.69, 9.17) is 35.3 Å². The van der Waals surface area contributed by atoms with Gasteiger partial charge >= 0.3 is 23.9 Å². The molecule has 41 heavy (non-hydrogen) atoms. The zero-order chi connectivity index (χ0) is 30.3. The first-order chi connectivity index (χ1) is 19.4. The fourth-order valence-electron chi connectivity index (χ4n) is 4.01. The predicted molar refractivity (Wildman–Crippen MR) is 148 cm³/mol. The largest absolute Gasteiger partial charge is 0.463 e. The van der Waals surface area contributed by atoms with Crippen molar-refractivity contribution in [3.05, 3.63) is 53.2 Å². The Kier molecular flexibility index (Phi) is 11.1. The molecule has 1 aromatic carbocycles. The molecule has 1 saturated heterocycles. The molecule has 220 valence electrons. The third-order valence-electron chi connectivity index (χ3n) is 5.57. The van der Waals surface area contributed by atoms with Crippen molar-refractivity contribution in [3.8, 4) is 0 Å². The van der Waals surface area contributed by atoms with Crippen LogP contribution in [0.25, 0.3) is 6.08 Å². The van der Waals surface area contributed by atoms with Gasteiger partial charge in [0.1, 0.15) is 18.4 Å². The summed E-state index contributed by atoms with van der Waals surface area (Å²) in [6.07, 6.45) is -2.00. The lowest BCUT2D eigenvalue weighted by Crippen LogP contribution is -2.61. The molecule has 2 aliphatic rings. The van der Waals surface area contributed by atoms with Crippen LogP contribution in [0.2, 0.25) is 5.02 Å². The molecule has 0 aromatic heterocycles. The van der Waals surface area contributed by atoms with Gasteiger partial charge in [0, 0.05) is 39.3 Å². The van der Waals surface area contributed by atoms with E-state index in [-0.39, 0.29) is 24.0 Å². The molecule has 2 aliphatic heterocycles. The van der Waals surface area contributed by atoms with Crippen LogP contribution in [0.15, 0.2) is 47.6 Å². The number of amidine groups is 1. The van der Waals surface area contributed by atoms with Gasteiger partial charge in [-0.3, -0.25) is 28.9 Å². The highest BCUT2D eigenvalue weighted by atomic mass is 35.5. The normalized spacial score (nSPS) is 24.9. The Morgan fingerprint density at radius 2 is 1.56 bits per heavy atom. The van der Waals surface area contributed by atoms with Crippen molar-refractivity contribution in [2.75, 3.05) is 13.2 Å². The highest BCUT2D eigenvalue weighted by Crippen LogP contribution is 2.37. The van der Waals surface area contributed by atoms with E-state index in [1.54, 1.807) is 30.3 Å². The maximum absolute atomic E-state index is 13.2. The van der Waals surface area contributed by atoms with Crippen molar-refractivity contribution in [1.82, 2.24) is 4.90 Å².